The Morgan fingerprint density at radius 3 is 2.58 bits per heavy atom. The van der Waals surface area contributed by atoms with Crippen LogP contribution in [-0.4, -0.2) is 31.1 Å². The topological polar surface area (TPSA) is 66.4 Å². The summed E-state index contributed by atoms with van der Waals surface area (Å²) in [5.74, 6) is 0.670. The summed E-state index contributed by atoms with van der Waals surface area (Å²) in [7, 11) is -2.89. The van der Waals surface area contributed by atoms with Crippen LogP contribution in [0.3, 0.4) is 0 Å². The zero-order valence-corrected chi connectivity index (χ0v) is 11.2. The summed E-state index contributed by atoms with van der Waals surface area (Å²) in [6.45, 7) is 0. The highest BCUT2D eigenvalue weighted by Gasteiger charge is 2.27. The molecule has 4 nitrogen and oxygen atoms in total. The zero-order valence-electron chi connectivity index (χ0n) is 10.3. The maximum atomic E-state index is 11.5. The number of sulfone groups is 1. The molecule has 1 aliphatic rings. The summed E-state index contributed by atoms with van der Waals surface area (Å²) in [5.41, 5.74) is 0.871. The first kappa shape index (κ1) is 12.3. The second-order valence-corrected chi connectivity index (χ2v) is 7.15. The van der Waals surface area contributed by atoms with Gasteiger partial charge in [0.2, 0.25) is 0 Å². The number of fused-ring (bicyclic) bond motifs is 1. The summed E-state index contributed by atoms with van der Waals surface area (Å²) < 4.78 is 22.9. The molecule has 0 aliphatic carbocycles. The molecule has 0 amide bonds. The molecule has 0 saturated carbocycles. The molecule has 0 radical (unpaired) electrons. The minimum atomic E-state index is -2.89. The number of phenols is 1. The van der Waals surface area contributed by atoms with E-state index in [0.717, 1.165) is 16.5 Å². The Bertz CT molecular complexity index is 725. The van der Waals surface area contributed by atoms with Gasteiger partial charge in [-0.2, -0.15) is 0 Å². The fourth-order valence-corrected chi connectivity index (χ4v) is 4.22. The van der Waals surface area contributed by atoms with E-state index in [1.54, 1.807) is 12.1 Å². The van der Waals surface area contributed by atoms with E-state index >= 15 is 0 Å². The van der Waals surface area contributed by atoms with Crippen LogP contribution in [0.25, 0.3) is 10.8 Å². The third kappa shape index (κ3) is 2.38. The third-order valence-corrected chi connectivity index (χ3v) is 5.26. The zero-order chi connectivity index (χ0) is 13.5. The van der Waals surface area contributed by atoms with Crippen LogP contribution in [0.4, 0.5) is 5.69 Å². The van der Waals surface area contributed by atoms with Gasteiger partial charge in [-0.3, -0.25) is 0 Å². The molecule has 19 heavy (non-hydrogen) atoms. The number of hydrogen-bond acceptors (Lipinski definition) is 4. The van der Waals surface area contributed by atoms with Crippen LogP contribution >= 0.6 is 0 Å². The second kappa shape index (κ2) is 4.42. The van der Waals surface area contributed by atoms with Crippen molar-refractivity contribution in [1.29, 1.82) is 0 Å². The molecular weight excluding hydrogens is 262 g/mol. The quantitative estimate of drug-likeness (QED) is 0.882. The highest BCUT2D eigenvalue weighted by atomic mass is 32.2. The lowest BCUT2D eigenvalue weighted by Gasteiger charge is -2.15. The molecule has 100 valence electrons. The van der Waals surface area contributed by atoms with E-state index < -0.39 is 9.84 Å². The van der Waals surface area contributed by atoms with Gasteiger partial charge in [-0.25, -0.2) is 8.42 Å². The average Bonchev–Trinajstić information content (AvgIpc) is 2.70. The van der Waals surface area contributed by atoms with Gasteiger partial charge in [-0.1, -0.05) is 24.3 Å². The molecule has 0 bridgehead atoms. The van der Waals surface area contributed by atoms with Crippen molar-refractivity contribution < 1.29 is 13.5 Å². The number of aromatic hydroxyl groups is 1. The summed E-state index contributed by atoms with van der Waals surface area (Å²) >= 11 is 0. The van der Waals surface area contributed by atoms with Gasteiger partial charge < -0.3 is 10.4 Å². The molecule has 0 aromatic heterocycles. The Hall–Kier alpha value is -1.75. The van der Waals surface area contributed by atoms with Crippen LogP contribution < -0.4 is 5.32 Å². The Morgan fingerprint density at radius 1 is 1.11 bits per heavy atom. The monoisotopic (exact) mass is 277 g/mol. The van der Waals surface area contributed by atoms with Crippen molar-refractivity contribution in [3.63, 3.8) is 0 Å². The molecule has 2 aromatic carbocycles. The number of hydrogen-bond donors (Lipinski definition) is 2. The van der Waals surface area contributed by atoms with Crippen molar-refractivity contribution in [3.8, 4) is 5.75 Å². The van der Waals surface area contributed by atoms with E-state index in [1.807, 2.05) is 24.3 Å². The normalized spacial score (nSPS) is 21.6. The van der Waals surface area contributed by atoms with Crippen LogP contribution in [0, 0.1) is 0 Å². The van der Waals surface area contributed by atoms with Gasteiger partial charge in [-0.15, -0.1) is 0 Å². The van der Waals surface area contributed by atoms with Crippen LogP contribution in [-0.2, 0) is 9.84 Å². The van der Waals surface area contributed by atoms with Crippen LogP contribution in [0.2, 0.25) is 0 Å². The van der Waals surface area contributed by atoms with E-state index in [4.69, 9.17) is 0 Å². The van der Waals surface area contributed by atoms with Crippen LogP contribution in [0.15, 0.2) is 36.4 Å². The van der Waals surface area contributed by atoms with Crippen LogP contribution in [0.1, 0.15) is 6.42 Å². The molecule has 2 N–H and O–H groups in total. The smallest absolute Gasteiger partial charge is 0.152 e. The molecular formula is C14H15NO3S. The van der Waals surface area contributed by atoms with Crippen molar-refractivity contribution in [2.45, 2.75) is 12.5 Å². The van der Waals surface area contributed by atoms with Crippen molar-refractivity contribution in [2.24, 2.45) is 0 Å². The molecule has 2 aromatic rings. The summed E-state index contributed by atoms with van der Waals surface area (Å²) in [6.07, 6.45) is 0.636. The first-order valence-electron chi connectivity index (χ1n) is 6.23. The van der Waals surface area contributed by atoms with Crippen molar-refractivity contribution in [3.05, 3.63) is 36.4 Å². The lowest BCUT2D eigenvalue weighted by Crippen LogP contribution is -2.20. The number of phenolic OH excluding ortho intramolecular Hbond substituents is 1. The maximum Gasteiger partial charge on any atom is 0.152 e. The van der Waals surface area contributed by atoms with E-state index in [2.05, 4.69) is 5.32 Å². The van der Waals surface area contributed by atoms with E-state index in [0.29, 0.717) is 6.42 Å². The fraction of sp³-hybridized carbons (Fsp3) is 0.286. The Morgan fingerprint density at radius 2 is 1.84 bits per heavy atom. The second-order valence-electron chi connectivity index (χ2n) is 4.92. The molecule has 5 heteroatoms. The van der Waals surface area contributed by atoms with Gasteiger partial charge >= 0.3 is 0 Å². The van der Waals surface area contributed by atoms with E-state index in [1.165, 1.54) is 0 Å². The number of nitrogens with one attached hydrogen (secondary N) is 1. The molecule has 3 rings (SSSR count). The third-order valence-electron chi connectivity index (χ3n) is 3.49. The SMILES string of the molecule is O=S1(=O)CCC(Nc2cccc3c(O)cccc23)C1. The molecule has 1 unspecified atom stereocenters. The summed E-state index contributed by atoms with van der Waals surface area (Å²) in [4.78, 5) is 0. The minimum Gasteiger partial charge on any atom is -0.507 e. The molecule has 0 spiro atoms. The number of anilines is 1. The highest BCUT2D eigenvalue weighted by molar-refractivity contribution is 7.91. The number of benzene rings is 2. The number of rotatable bonds is 2. The highest BCUT2D eigenvalue weighted by Crippen LogP contribution is 2.31. The lowest BCUT2D eigenvalue weighted by atomic mass is 10.1. The van der Waals surface area contributed by atoms with Gasteiger partial charge in [0.1, 0.15) is 5.75 Å². The molecule has 1 atom stereocenters. The molecule has 1 aliphatic heterocycles. The van der Waals surface area contributed by atoms with Crippen LogP contribution in [0.5, 0.6) is 5.75 Å². The molecule has 1 saturated heterocycles. The van der Waals surface area contributed by atoms with Crippen molar-refractivity contribution in [1.82, 2.24) is 0 Å². The Labute approximate surface area is 112 Å². The van der Waals surface area contributed by atoms with E-state index in [-0.39, 0.29) is 23.3 Å². The van der Waals surface area contributed by atoms with Gasteiger partial charge in [0.15, 0.2) is 9.84 Å². The minimum absolute atomic E-state index is 0.0436. The summed E-state index contributed by atoms with van der Waals surface area (Å²) in [5, 5.41) is 14.8. The van der Waals surface area contributed by atoms with Gasteiger partial charge in [0.25, 0.3) is 0 Å². The van der Waals surface area contributed by atoms with Gasteiger partial charge in [0, 0.05) is 22.5 Å². The predicted molar refractivity (Wildman–Crippen MR) is 76.3 cm³/mol. The first-order valence-corrected chi connectivity index (χ1v) is 8.05. The van der Waals surface area contributed by atoms with Crippen molar-refractivity contribution in [2.75, 3.05) is 16.8 Å². The lowest BCUT2D eigenvalue weighted by molar-refractivity contribution is 0.481. The van der Waals surface area contributed by atoms with Gasteiger partial charge in [-0.05, 0) is 18.6 Å². The Balaban J connectivity index is 1.96. The maximum absolute atomic E-state index is 11.5. The first-order chi connectivity index (χ1) is 9.05. The van der Waals surface area contributed by atoms with Gasteiger partial charge in [0.05, 0.1) is 11.5 Å². The van der Waals surface area contributed by atoms with Crippen molar-refractivity contribution >= 4 is 26.3 Å². The predicted octanol–water partition coefficient (Wildman–Crippen LogP) is 2.14. The Kier molecular flexibility index (Phi) is 2.86. The molecule has 1 heterocycles. The molecule has 1 fully saturated rings. The largest absolute Gasteiger partial charge is 0.507 e. The average molecular weight is 277 g/mol. The fourth-order valence-electron chi connectivity index (χ4n) is 2.55. The summed E-state index contributed by atoms with van der Waals surface area (Å²) in [6, 6.07) is 10.9. The van der Waals surface area contributed by atoms with E-state index in [9.17, 15) is 13.5 Å². The standard InChI is InChI=1S/C14H15NO3S/c16-14-6-2-3-11-12(14)4-1-5-13(11)15-10-7-8-19(17,18)9-10/h1-6,10,15-16H,7-9H2.